The molecule has 0 unspecified atom stereocenters. The van der Waals surface area contributed by atoms with E-state index in [9.17, 15) is 0 Å². The van der Waals surface area contributed by atoms with Crippen molar-refractivity contribution in [3.63, 3.8) is 0 Å². The minimum absolute atomic E-state index is 0.211. The number of aryl methyl sites for hydroxylation is 2. The average molecular weight is 795 g/mol. The summed E-state index contributed by atoms with van der Waals surface area (Å²) in [4.78, 5) is 4.89. The minimum atomic E-state index is -2.31. The van der Waals surface area contributed by atoms with Crippen molar-refractivity contribution in [2.24, 2.45) is 0 Å². The van der Waals surface area contributed by atoms with Gasteiger partial charge >= 0.3 is 0 Å². The third-order valence-corrected chi connectivity index (χ3v) is 11.4. The first-order valence-corrected chi connectivity index (χ1v) is 20.5. The molecular formula is C55H45N5O. The second-order valence-corrected chi connectivity index (χ2v) is 16.5. The van der Waals surface area contributed by atoms with Crippen LogP contribution in [0.3, 0.4) is 0 Å². The molecule has 61 heavy (non-hydrogen) atoms. The summed E-state index contributed by atoms with van der Waals surface area (Å²) in [5.74, 6) is 2.63. The average Bonchev–Trinajstić information content (AvgIpc) is 3.92. The fraction of sp³-hybridized carbons (Fsp3) is 0.109. The van der Waals surface area contributed by atoms with E-state index in [4.69, 9.17) is 13.8 Å². The van der Waals surface area contributed by atoms with Gasteiger partial charge in [0.05, 0.1) is 16.7 Å². The van der Waals surface area contributed by atoms with E-state index in [-0.39, 0.29) is 5.41 Å². The molecule has 0 aliphatic heterocycles. The first-order valence-electron chi connectivity index (χ1n) is 22.0. The molecule has 0 amide bonds. The molecule has 0 saturated heterocycles. The molecule has 0 atom stereocenters. The number of pyridine rings is 1. The van der Waals surface area contributed by atoms with Gasteiger partial charge in [0, 0.05) is 43.8 Å². The highest BCUT2D eigenvalue weighted by atomic mass is 16.5. The van der Waals surface area contributed by atoms with Crippen LogP contribution in [0, 0.1) is 13.8 Å². The molecule has 0 fully saturated rings. The van der Waals surface area contributed by atoms with Gasteiger partial charge in [-0.2, -0.15) is 0 Å². The van der Waals surface area contributed by atoms with Crippen LogP contribution in [0.4, 0.5) is 0 Å². The number of hydrogen-bond donors (Lipinski definition) is 0. The Hall–Kier alpha value is -7.57. The van der Waals surface area contributed by atoms with Crippen LogP contribution >= 0.6 is 0 Å². The van der Waals surface area contributed by atoms with Gasteiger partial charge in [0.2, 0.25) is 0 Å². The largest absolute Gasteiger partial charge is 0.457 e. The topological polar surface area (TPSA) is 57.8 Å². The Morgan fingerprint density at radius 1 is 0.574 bits per heavy atom. The summed E-state index contributed by atoms with van der Waals surface area (Å²) in [6.45, 7) is 6.00. The third kappa shape index (κ3) is 6.96. The maximum absolute atomic E-state index is 8.56. The number of ether oxygens (including phenoxy) is 1. The molecular weight excluding hydrogens is 747 g/mol. The molecule has 7 aromatic carbocycles. The van der Waals surface area contributed by atoms with Crippen LogP contribution in [0.5, 0.6) is 11.5 Å². The van der Waals surface area contributed by atoms with E-state index in [1.165, 1.54) is 0 Å². The zero-order valence-corrected chi connectivity index (χ0v) is 34.5. The Kier molecular flexibility index (Phi) is 8.56. The van der Waals surface area contributed by atoms with E-state index in [2.05, 4.69) is 131 Å². The van der Waals surface area contributed by atoms with E-state index < -0.39 is 6.85 Å². The van der Waals surface area contributed by atoms with Gasteiger partial charge in [-0.15, -0.1) is 10.2 Å². The van der Waals surface area contributed by atoms with E-state index in [0.717, 1.165) is 72.0 Å². The molecule has 10 aromatic rings. The van der Waals surface area contributed by atoms with Gasteiger partial charge in [-0.1, -0.05) is 142 Å². The van der Waals surface area contributed by atoms with Gasteiger partial charge in [0.25, 0.3) is 0 Å². The molecule has 10 rings (SSSR count). The molecule has 296 valence electrons. The van der Waals surface area contributed by atoms with Crippen molar-refractivity contribution < 1.29 is 8.85 Å². The lowest BCUT2D eigenvalue weighted by molar-refractivity contribution is 0.483. The summed E-state index contributed by atoms with van der Waals surface area (Å²) in [6, 6.07) is 57.3. The van der Waals surface area contributed by atoms with Gasteiger partial charge in [-0.25, -0.2) is 4.98 Å². The number of nitrogens with zero attached hydrogens (tertiary/aromatic N) is 5. The number of fused-ring (bicyclic) bond motifs is 3. The molecule has 3 heterocycles. The van der Waals surface area contributed by atoms with Gasteiger partial charge in [-0.3, -0.25) is 9.13 Å². The van der Waals surface area contributed by atoms with Crippen molar-refractivity contribution in [3.05, 3.63) is 199 Å². The van der Waals surface area contributed by atoms with Gasteiger partial charge in [0.1, 0.15) is 23.6 Å². The Morgan fingerprint density at radius 2 is 1.23 bits per heavy atom. The smallest absolute Gasteiger partial charge is 0.168 e. The quantitative estimate of drug-likeness (QED) is 0.154. The Bertz CT molecular complexity index is 3290. The van der Waals surface area contributed by atoms with Crippen LogP contribution in [-0.2, 0) is 5.41 Å². The third-order valence-electron chi connectivity index (χ3n) is 11.4. The summed E-state index contributed by atoms with van der Waals surface area (Å²) in [5, 5.41) is 11.2. The second kappa shape index (κ2) is 15.2. The van der Waals surface area contributed by atoms with E-state index in [1.54, 1.807) is 12.5 Å². The van der Waals surface area contributed by atoms with Crippen LogP contribution in [-0.4, -0.2) is 24.3 Å². The van der Waals surface area contributed by atoms with Crippen LogP contribution in [0.2, 0.25) is 0 Å². The maximum Gasteiger partial charge on any atom is 0.168 e. The van der Waals surface area contributed by atoms with Crippen molar-refractivity contribution in [1.29, 1.82) is 0 Å². The molecule has 3 aromatic heterocycles. The van der Waals surface area contributed by atoms with Crippen molar-refractivity contribution >= 4 is 21.8 Å². The van der Waals surface area contributed by atoms with Crippen LogP contribution in [0.15, 0.2) is 182 Å². The van der Waals surface area contributed by atoms with Crippen LogP contribution < -0.4 is 4.74 Å². The highest BCUT2D eigenvalue weighted by Gasteiger charge is 2.21. The number of benzene rings is 7. The van der Waals surface area contributed by atoms with E-state index in [0.29, 0.717) is 34.3 Å². The van der Waals surface area contributed by atoms with Crippen molar-refractivity contribution in [1.82, 2.24) is 24.3 Å². The maximum atomic E-state index is 8.56. The zero-order chi connectivity index (χ0) is 44.2. The summed E-state index contributed by atoms with van der Waals surface area (Å²) < 4.78 is 36.6. The fourth-order valence-electron chi connectivity index (χ4n) is 8.49. The standard InChI is InChI=1S/C55H45N5O/c1-36-30-42(55(3,4)5)31-37(2)52(36)40-28-29-56-51(33-40)60-49-25-13-12-22-47(49)48-27-26-44(34-50(48)60)61-43-21-14-20-41(32-43)54-58-57-35-59(54)53-45(38-16-8-6-9-17-38)23-15-24-46(53)39-18-10-7-11-19-39/h6-35H,1-5H3/i1D3. The van der Waals surface area contributed by atoms with Gasteiger partial charge < -0.3 is 4.74 Å². The van der Waals surface area contributed by atoms with Crippen LogP contribution in [0.25, 0.3) is 78.1 Å². The molecule has 6 nitrogen and oxygen atoms in total. The number of rotatable bonds is 8. The summed E-state index contributed by atoms with van der Waals surface area (Å²) in [7, 11) is 0. The second-order valence-electron chi connectivity index (χ2n) is 16.5. The lowest BCUT2D eigenvalue weighted by atomic mass is 9.83. The normalized spacial score (nSPS) is 12.6. The lowest BCUT2D eigenvalue weighted by Crippen LogP contribution is -2.12. The molecule has 0 radical (unpaired) electrons. The number of hydrogen-bond acceptors (Lipinski definition) is 4. The lowest BCUT2D eigenvalue weighted by Gasteiger charge is -2.22. The highest BCUT2D eigenvalue weighted by Crippen LogP contribution is 2.40. The van der Waals surface area contributed by atoms with Crippen LogP contribution in [0.1, 0.15) is 41.6 Å². The molecule has 6 heteroatoms. The van der Waals surface area contributed by atoms with Gasteiger partial charge in [-0.05, 0) is 101 Å². The van der Waals surface area contributed by atoms with E-state index >= 15 is 0 Å². The molecule has 0 saturated carbocycles. The van der Waals surface area contributed by atoms with Crippen molar-refractivity contribution in [3.8, 4) is 67.8 Å². The van der Waals surface area contributed by atoms with Crippen molar-refractivity contribution in [2.45, 2.75) is 40.0 Å². The minimum Gasteiger partial charge on any atom is -0.457 e. The Morgan fingerprint density at radius 3 is 1.97 bits per heavy atom. The molecule has 0 aliphatic carbocycles. The Labute approximate surface area is 360 Å². The van der Waals surface area contributed by atoms with E-state index in [1.807, 2.05) is 85.8 Å². The summed E-state index contributed by atoms with van der Waals surface area (Å²) >= 11 is 0. The first kappa shape index (κ1) is 34.3. The number of aromatic nitrogens is 5. The predicted octanol–water partition coefficient (Wildman–Crippen LogP) is 14.1. The SMILES string of the molecule is [2H]C([2H])([2H])c1cc(C(C)(C)C)cc(C)c1-c1ccnc(-n2c3ccccc3c3ccc(Oc4cccc(-c5nncn5-c5c(-c6ccccc6)cccc5-c5ccccc5)c4)cc32)c1. The zero-order valence-electron chi connectivity index (χ0n) is 37.5. The first-order chi connectivity index (χ1) is 30.9. The number of para-hydroxylation sites is 2. The molecule has 0 aliphatic rings. The fourth-order valence-corrected chi connectivity index (χ4v) is 8.49. The van der Waals surface area contributed by atoms with Gasteiger partial charge in [0.15, 0.2) is 5.82 Å². The molecule has 0 spiro atoms. The molecule has 0 N–H and O–H groups in total. The summed E-state index contributed by atoms with van der Waals surface area (Å²) in [6.07, 6.45) is 3.54. The Balaban J connectivity index is 1.05. The molecule has 0 bridgehead atoms. The summed E-state index contributed by atoms with van der Waals surface area (Å²) in [5.41, 5.74) is 11.5. The highest BCUT2D eigenvalue weighted by molar-refractivity contribution is 6.09. The van der Waals surface area contributed by atoms with Crippen molar-refractivity contribution in [2.75, 3.05) is 0 Å². The monoisotopic (exact) mass is 794 g/mol. The predicted molar refractivity (Wildman–Crippen MR) is 250 cm³/mol.